The molecule has 9 heteroatoms. The first kappa shape index (κ1) is 26.8. The fourth-order valence-electron chi connectivity index (χ4n) is 3.01. The van der Waals surface area contributed by atoms with E-state index < -0.39 is 6.04 Å². The van der Waals surface area contributed by atoms with Crippen LogP contribution >= 0.6 is 50.7 Å². The van der Waals surface area contributed by atoms with Crippen LogP contribution in [0.15, 0.2) is 40.9 Å². The number of amides is 2. The summed E-state index contributed by atoms with van der Waals surface area (Å²) in [5.41, 5.74) is 0.754. The minimum absolute atomic E-state index is 0.00343. The van der Waals surface area contributed by atoms with E-state index in [1.165, 1.54) is 4.90 Å². The molecule has 174 valence electrons. The average molecular weight is 565 g/mol. The predicted molar refractivity (Wildman–Crippen MR) is 134 cm³/mol. The lowest BCUT2D eigenvalue weighted by molar-refractivity contribution is -0.143. The molecule has 2 amide bonds. The molecule has 0 radical (unpaired) electrons. The summed E-state index contributed by atoms with van der Waals surface area (Å²) in [6.07, 6.45) is 1.22. The summed E-state index contributed by atoms with van der Waals surface area (Å²) in [5, 5.41) is 4.14. The Labute approximate surface area is 212 Å². The van der Waals surface area contributed by atoms with Crippen molar-refractivity contribution < 1.29 is 14.3 Å². The number of halogens is 4. The molecule has 2 aromatic carbocycles. The van der Waals surface area contributed by atoms with Crippen LogP contribution < -0.4 is 10.1 Å². The van der Waals surface area contributed by atoms with E-state index in [4.69, 9.17) is 39.5 Å². The van der Waals surface area contributed by atoms with Crippen LogP contribution in [0.2, 0.25) is 15.1 Å². The van der Waals surface area contributed by atoms with Crippen LogP contribution in [0.4, 0.5) is 0 Å². The van der Waals surface area contributed by atoms with Gasteiger partial charge in [0.25, 0.3) is 5.91 Å². The zero-order valence-corrected chi connectivity index (χ0v) is 22.0. The number of benzene rings is 2. The second kappa shape index (κ2) is 12.7. The van der Waals surface area contributed by atoms with Crippen molar-refractivity contribution in [1.82, 2.24) is 10.2 Å². The van der Waals surface area contributed by atoms with Crippen molar-refractivity contribution in [2.75, 3.05) is 6.61 Å². The van der Waals surface area contributed by atoms with Crippen molar-refractivity contribution in [3.63, 3.8) is 0 Å². The first-order chi connectivity index (χ1) is 15.2. The van der Waals surface area contributed by atoms with Crippen molar-refractivity contribution in [3.8, 4) is 5.75 Å². The lowest BCUT2D eigenvalue weighted by Crippen LogP contribution is -2.51. The summed E-state index contributed by atoms with van der Waals surface area (Å²) in [4.78, 5) is 27.7. The molecule has 0 aliphatic heterocycles. The third-order valence-corrected chi connectivity index (χ3v) is 6.50. The third kappa shape index (κ3) is 7.55. The molecular weight excluding hydrogens is 539 g/mol. The van der Waals surface area contributed by atoms with Gasteiger partial charge in [0.15, 0.2) is 6.61 Å². The number of carbonyl (C=O) groups excluding carboxylic acids is 2. The van der Waals surface area contributed by atoms with Gasteiger partial charge in [0.2, 0.25) is 5.91 Å². The van der Waals surface area contributed by atoms with Crippen LogP contribution in [0.5, 0.6) is 5.75 Å². The molecule has 1 N–H and O–H groups in total. The van der Waals surface area contributed by atoms with Crippen LogP contribution in [0.25, 0.3) is 0 Å². The molecule has 0 spiro atoms. The van der Waals surface area contributed by atoms with Crippen LogP contribution in [0.1, 0.15) is 39.2 Å². The Morgan fingerprint density at radius 1 is 1.03 bits per heavy atom. The quantitative estimate of drug-likeness (QED) is 0.358. The third-order valence-electron chi connectivity index (χ3n) is 4.97. The summed E-state index contributed by atoms with van der Waals surface area (Å²) in [6.45, 7) is 5.69. The van der Waals surface area contributed by atoms with E-state index in [2.05, 4.69) is 21.2 Å². The van der Waals surface area contributed by atoms with Gasteiger partial charge in [-0.1, -0.05) is 70.6 Å². The lowest BCUT2D eigenvalue weighted by Gasteiger charge is -2.31. The Bertz CT molecular complexity index is 958. The SMILES string of the molecule is CC[C@@H](C)NC(=O)[C@H](CC)N(Cc1ccc(Cl)c(Cl)c1)C(=O)COc1ccc(Br)cc1Cl. The van der Waals surface area contributed by atoms with Crippen molar-refractivity contribution in [2.24, 2.45) is 0 Å². The highest BCUT2D eigenvalue weighted by molar-refractivity contribution is 9.10. The number of carbonyl (C=O) groups is 2. The van der Waals surface area contributed by atoms with Gasteiger partial charge in [0.1, 0.15) is 11.8 Å². The molecule has 0 aliphatic rings. The Balaban J connectivity index is 2.26. The molecule has 2 rings (SSSR count). The second-order valence-corrected chi connectivity index (χ2v) is 9.51. The first-order valence-corrected chi connectivity index (χ1v) is 12.2. The van der Waals surface area contributed by atoms with Gasteiger partial charge in [0.05, 0.1) is 15.1 Å². The van der Waals surface area contributed by atoms with E-state index in [0.29, 0.717) is 27.2 Å². The topological polar surface area (TPSA) is 58.6 Å². The fourth-order valence-corrected chi connectivity index (χ4v) is 4.06. The summed E-state index contributed by atoms with van der Waals surface area (Å²) < 4.78 is 6.47. The van der Waals surface area contributed by atoms with Crippen molar-refractivity contribution in [1.29, 1.82) is 0 Å². The van der Waals surface area contributed by atoms with E-state index in [1.54, 1.807) is 36.4 Å². The predicted octanol–water partition coefficient (Wildman–Crippen LogP) is 6.51. The Kier molecular flexibility index (Phi) is 10.6. The van der Waals surface area contributed by atoms with Crippen molar-refractivity contribution in [2.45, 2.75) is 52.2 Å². The zero-order valence-electron chi connectivity index (χ0n) is 18.1. The number of ether oxygens (including phenoxy) is 1. The Morgan fingerprint density at radius 2 is 1.75 bits per heavy atom. The number of rotatable bonds is 10. The van der Waals surface area contributed by atoms with Gasteiger partial charge in [-0.2, -0.15) is 0 Å². The second-order valence-electron chi connectivity index (χ2n) is 7.38. The van der Waals surface area contributed by atoms with Gasteiger partial charge in [-0.25, -0.2) is 0 Å². The maximum atomic E-state index is 13.2. The summed E-state index contributed by atoms with van der Waals surface area (Å²) in [5.74, 6) is -0.173. The molecule has 2 aromatic rings. The van der Waals surface area contributed by atoms with Gasteiger partial charge in [-0.3, -0.25) is 9.59 Å². The molecule has 32 heavy (non-hydrogen) atoms. The summed E-state index contributed by atoms with van der Waals surface area (Å²) in [6, 6.07) is 9.59. The standard InChI is InChI=1S/C23H26BrCl3N2O3/c1-4-14(3)28-23(31)20(5-2)29(12-15-6-8-17(25)18(26)10-15)22(30)13-32-21-9-7-16(24)11-19(21)27/h6-11,14,20H,4-5,12-13H2,1-3H3,(H,28,31)/t14-,20+/m1/s1. The molecule has 0 fully saturated rings. The maximum Gasteiger partial charge on any atom is 0.261 e. The number of nitrogens with one attached hydrogen (secondary N) is 1. The van der Waals surface area contributed by atoms with E-state index in [-0.39, 0.29) is 31.0 Å². The van der Waals surface area contributed by atoms with Crippen LogP contribution in [0, 0.1) is 0 Å². The van der Waals surface area contributed by atoms with E-state index in [1.807, 2.05) is 20.8 Å². The maximum absolute atomic E-state index is 13.2. The van der Waals surface area contributed by atoms with Gasteiger partial charge < -0.3 is 15.0 Å². The number of hydrogen-bond acceptors (Lipinski definition) is 3. The summed E-state index contributed by atoms with van der Waals surface area (Å²) in [7, 11) is 0. The minimum atomic E-state index is -0.671. The molecule has 0 unspecified atom stereocenters. The Hall–Kier alpha value is -1.47. The van der Waals surface area contributed by atoms with Gasteiger partial charge in [0, 0.05) is 17.1 Å². The molecule has 2 atom stereocenters. The highest BCUT2D eigenvalue weighted by Crippen LogP contribution is 2.28. The summed E-state index contributed by atoms with van der Waals surface area (Å²) >= 11 is 21.7. The first-order valence-electron chi connectivity index (χ1n) is 10.3. The minimum Gasteiger partial charge on any atom is -0.482 e. The molecule has 0 aliphatic carbocycles. The monoisotopic (exact) mass is 562 g/mol. The van der Waals surface area contributed by atoms with E-state index in [9.17, 15) is 9.59 Å². The van der Waals surface area contributed by atoms with Crippen LogP contribution in [-0.2, 0) is 16.1 Å². The Morgan fingerprint density at radius 3 is 2.34 bits per heavy atom. The molecule has 5 nitrogen and oxygen atoms in total. The fraction of sp³-hybridized carbons (Fsp3) is 0.391. The smallest absolute Gasteiger partial charge is 0.261 e. The van der Waals surface area contributed by atoms with Crippen molar-refractivity contribution in [3.05, 3.63) is 61.5 Å². The van der Waals surface area contributed by atoms with E-state index >= 15 is 0 Å². The molecule has 0 saturated carbocycles. The highest BCUT2D eigenvalue weighted by Gasteiger charge is 2.29. The van der Waals surface area contributed by atoms with E-state index in [0.717, 1.165) is 16.5 Å². The van der Waals surface area contributed by atoms with Gasteiger partial charge in [-0.15, -0.1) is 0 Å². The van der Waals surface area contributed by atoms with Gasteiger partial charge >= 0.3 is 0 Å². The normalized spacial score (nSPS) is 12.7. The number of hydrogen-bond donors (Lipinski definition) is 1. The molecule has 0 bridgehead atoms. The lowest BCUT2D eigenvalue weighted by atomic mass is 10.1. The highest BCUT2D eigenvalue weighted by atomic mass is 79.9. The molecule has 0 aromatic heterocycles. The number of nitrogens with zero attached hydrogens (tertiary/aromatic N) is 1. The average Bonchev–Trinajstić information content (AvgIpc) is 2.75. The molecule has 0 saturated heterocycles. The largest absolute Gasteiger partial charge is 0.482 e. The van der Waals surface area contributed by atoms with Crippen LogP contribution in [0.3, 0.4) is 0 Å². The van der Waals surface area contributed by atoms with Gasteiger partial charge in [-0.05, 0) is 55.7 Å². The van der Waals surface area contributed by atoms with Crippen molar-refractivity contribution >= 4 is 62.5 Å². The molecular formula is C23H26BrCl3N2O3. The zero-order chi connectivity index (χ0) is 23.8. The molecule has 0 heterocycles. The van der Waals surface area contributed by atoms with Crippen LogP contribution in [-0.4, -0.2) is 35.4 Å².